The van der Waals surface area contributed by atoms with Crippen LogP contribution in [0.1, 0.15) is 97.3 Å². The van der Waals surface area contributed by atoms with Crippen LogP contribution < -0.4 is 4.72 Å². The Hall–Kier alpha value is -0.180. The minimum atomic E-state index is -0.143. The molecule has 2 nitrogen and oxygen atoms in total. The van der Waals surface area contributed by atoms with Gasteiger partial charge < -0.3 is 4.72 Å². The molecule has 2 rings (SSSR count). The number of hydrogen-bond donors (Lipinski definition) is 2. The van der Waals surface area contributed by atoms with E-state index in [0.717, 1.165) is 12.8 Å². The molecule has 0 aliphatic heterocycles. The predicted molar refractivity (Wildman–Crippen MR) is 96.9 cm³/mol. The van der Waals surface area contributed by atoms with E-state index in [-0.39, 0.29) is 11.3 Å². The highest BCUT2D eigenvalue weighted by Crippen LogP contribution is 2.48. The topological polar surface area (TPSA) is 29.1 Å². The Morgan fingerprint density at radius 1 is 0.864 bits per heavy atom. The van der Waals surface area contributed by atoms with Crippen LogP contribution >= 0.6 is 12.8 Å². The average Bonchev–Trinajstić information content (AvgIpc) is 2.52. The van der Waals surface area contributed by atoms with E-state index in [1.54, 1.807) is 0 Å². The standard InChI is InChI=1S/C19H35NOS/c1-18(2)12-7-4-8-14-19(15-9-13-18,17(21)20-22)16-10-5-3-6-11-16/h16,22H,3-15H2,1-2H3,(H,20,21). The van der Waals surface area contributed by atoms with Gasteiger partial charge >= 0.3 is 0 Å². The van der Waals surface area contributed by atoms with Gasteiger partial charge in [0.1, 0.15) is 0 Å². The van der Waals surface area contributed by atoms with E-state index in [1.165, 1.54) is 70.6 Å². The highest BCUT2D eigenvalue weighted by molar-refractivity contribution is 7.78. The number of carbonyl (C=O) groups is 1. The van der Waals surface area contributed by atoms with Crippen LogP contribution in [-0.2, 0) is 4.79 Å². The molecule has 3 heteroatoms. The third kappa shape index (κ3) is 4.43. The summed E-state index contributed by atoms with van der Waals surface area (Å²) in [5, 5.41) is 0. The number of nitrogens with one attached hydrogen (secondary N) is 1. The lowest BCUT2D eigenvalue weighted by atomic mass is 9.62. The van der Waals surface area contributed by atoms with Gasteiger partial charge in [0.05, 0.1) is 5.41 Å². The first-order valence-electron chi connectivity index (χ1n) is 9.45. The maximum atomic E-state index is 12.8. The Morgan fingerprint density at radius 2 is 1.41 bits per heavy atom. The fraction of sp³-hybridized carbons (Fsp3) is 0.947. The first kappa shape index (κ1) is 18.2. The van der Waals surface area contributed by atoms with E-state index in [0.29, 0.717) is 11.3 Å². The van der Waals surface area contributed by atoms with Crippen LogP contribution in [0.3, 0.4) is 0 Å². The molecule has 0 heterocycles. The fourth-order valence-electron chi connectivity index (χ4n) is 4.94. The zero-order valence-electron chi connectivity index (χ0n) is 14.6. The summed E-state index contributed by atoms with van der Waals surface area (Å²) in [6.07, 6.45) is 16.1. The van der Waals surface area contributed by atoms with E-state index in [4.69, 9.17) is 0 Å². The first-order chi connectivity index (χ1) is 10.5. The highest BCUT2D eigenvalue weighted by Gasteiger charge is 2.44. The summed E-state index contributed by atoms with van der Waals surface area (Å²) in [5.41, 5.74) is 0.294. The molecule has 22 heavy (non-hydrogen) atoms. The van der Waals surface area contributed by atoms with E-state index in [2.05, 4.69) is 31.4 Å². The van der Waals surface area contributed by atoms with Crippen molar-refractivity contribution in [2.45, 2.75) is 97.3 Å². The monoisotopic (exact) mass is 325 g/mol. The Balaban J connectivity index is 2.18. The van der Waals surface area contributed by atoms with E-state index in [1.807, 2.05) is 0 Å². The lowest BCUT2D eigenvalue weighted by Gasteiger charge is -2.42. The quantitative estimate of drug-likeness (QED) is 0.629. The molecule has 1 unspecified atom stereocenters. The molecule has 2 aliphatic carbocycles. The van der Waals surface area contributed by atoms with Crippen molar-refractivity contribution in [1.82, 2.24) is 4.72 Å². The minimum absolute atomic E-state index is 0.143. The summed E-state index contributed by atoms with van der Waals surface area (Å²) in [6, 6.07) is 0. The van der Waals surface area contributed by atoms with Crippen LogP contribution in [0, 0.1) is 16.7 Å². The highest BCUT2D eigenvalue weighted by atomic mass is 32.1. The van der Waals surface area contributed by atoms with Gasteiger partial charge in [0.2, 0.25) is 5.91 Å². The molecule has 128 valence electrons. The van der Waals surface area contributed by atoms with Crippen LogP contribution in [-0.4, -0.2) is 5.91 Å². The van der Waals surface area contributed by atoms with Gasteiger partial charge in [-0.25, -0.2) is 0 Å². The maximum Gasteiger partial charge on any atom is 0.236 e. The first-order valence-corrected chi connectivity index (χ1v) is 9.89. The second-order valence-corrected chi connectivity index (χ2v) is 8.73. The molecule has 0 aromatic carbocycles. The summed E-state index contributed by atoms with van der Waals surface area (Å²) >= 11 is 4.14. The average molecular weight is 326 g/mol. The summed E-state index contributed by atoms with van der Waals surface area (Å²) in [7, 11) is 0. The van der Waals surface area contributed by atoms with Gasteiger partial charge in [-0.2, -0.15) is 0 Å². The zero-order valence-corrected chi connectivity index (χ0v) is 15.5. The number of rotatable bonds is 2. The normalized spacial score (nSPS) is 31.4. The Morgan fingerprint density at radius 3 is 2.09 bits per heavy atom. The predicted octanol–water partition coefficient (Wildman–Crippen LogP) is 5.67. The molecule has 2 aliphatic rings. The molecule has 1 atom stereocenters. The molecule has 1 N–H and O–H groups in total. The molecular formula is C19H35NOS. The molecule has 0 radical (unpaired) electrons. The molecule has 0 aromatic rings. The smallest absolute Gasteiger partial charge is 0.236 e. The van der Waals surface area contributed by atoms with Crippen molar-refractivity contribution in [3.63, 3.8) is 0 Å². The van der Waals surface area contributed by atoms with Crippen molar-refractivity contribution in [3.05, 3.63) is 0 Å². The molecule has 2 fully saturated rings. The van der Waals surface area contributed by atoms with Crippen LogP contribution in [0.25, 0.3) is 0 Å². The molecule has 2 saturated carbocycles. The van der Waals surface area contributed by atoms with Gasteiger partial charge in [-0.05, 0) is 49.9 Å². The third-order valence-electron chi connectivity index (χ3n) is 6.39. The van der Waals surface area contributed by atoms with Crippen molar-refractivity contribution < 1.29 is 4.79 Å². The van der Waals surface area contributed by atoms with Crippen molar-refractivity contribution in [2.24, 2.45) is 16.7 Å². The molecule has 0 saturated heterocycles. The van der Waals surface area contributed by atoms with Gasteiger partial charge in [-0.1, -0.05) is 71.6 Å². The fourth-order valence-corrected chi connectivity index (χ4v) is 5.16. The Labute approximate surface area is 142 Å². The van der Waals surface area contributed by atoms with Crippen molar-refractivity contribution >= 4 is 18.7 Å². The largest absolute Gasteiger partial charge is 0.302 e. The van der Waals surface area contributed by atoms with Gasteiger partial charge in [0.15, 0.2) is 0 Å². The number of thiol groups is 1. The number of amides is 1. The summed E-state index contributed by atoms with van der Waals surface area (Å²) in [4.78, 5) is 12.8. The molecule has 0 spiro atoms. The van der Waals surface area contributed by atoms with E-state index >= 15 is 0 Å². The van der Waals surface area contributed by atoms with E-state index < -0.39 is 0 Å². The maximum absolute atomic E-state index is 12.8. The second-order valence-electron chi connectivity index (χ2n) is 8.51. The van der Waals surface area contributed by atoms with Crippen LogP contribution in [0.5, 0.6) is 0 Å². The number of hydrogen-bond acceptors (Lipinski definition) is 2. The Bertz CT molecular complexity index is 362. The van der Waals surface area contributed by atoms with Gasteiger partial charge in [-0.3, -0.25) is 4.79 Å². The van der Waals surface area contributed by atoms with Gasteiger partial charge in [0, 0.05) is 0 Å². The minimum Gasteiger partial charge on any atom is -0.302 e. The van der Waals surface area contributed by atoms with E-state index in [9.17, 15) is 4.79 Å². The SMILES string of the molecule is CC1(C)CCCCCC(C(=O)NS)(C2CCCCC2)CCC1. The van der Waals surface area contributed by atoms with Crippen molar-refractivity contribution in [2.75, 3.05) is 0 Å². The number of carbonyl (C=O) groups excluding carboxylic acids is 1. The lowest BCUT2D eigenvalue weighted by molar-refractivity contribution is -0.135. The van der Waals surface area contributed by atoms with Gasteiger partial charge in [0.25, 0.3) is 0 Å². The van der Waals surface area contributed by atoms with Crippen LogP contribution in [0.15, 0.2) is 0 Å². The van der Waals surface area contributed by atoms with Crippen molar-refractivity contribution in [3.8, 4) is 0 Å². The van der Waals surface area contributed by atoms with Crippen molar-refractivity contribution in [1.29, 1.82) is 0 Å². The second kappa shape index (κ2) is 8.08. The molecule has 0 bridgehead atoms. The zero-order chi connectivity index (χ0) is 16.1. The lowest BCUT2D eigenvalue weighted by Crippen LogP contribution is -2.44. The van der Waals surface area contributed by atoms with Crippen LogP contribution in [0.2, 0.25) is 0 Å². The molecular weight excluding hydrogens is 290 g/mol. The summed E-state index contributed by atoms with van der Waals surface area (Å²) in [5.74, 6) is 0.789. The summed E-state index contributed by atoms with van der Waals surface area (Å²) in [6.45, 7) is 4.80. The van der Waals surface area contributed by atoms with Gasteiger partial charge in [-0.15, -0.1) is 0 Å². The molecule has 1 amide bonds. The van der Waals surface area contributed by atoms with Crippen LogP contribution in [0.4, 0.5) is 0 Å². The summed E-state index contributed by atoms with van der Waals surface area (Å²) < 4.78 is 2.73. The third-order valence-corrected chi connectivity index (χ3v) is 6.60. The Kier molecular flexibility index (Phi) is 6.67. The molecule has 0 aromatic heterocycles.